The van der Waals surface area contributed by atoms with Gasteiger partial charge < -0.3 is 15.0 Å². The first-order valence-corrected chi connectivity index (χ1v) is 7.24. The number of ether oxygens (including phenoxy) is 1. The Balaban J connectivity index is 2.55. The Morgan fingerprint density at radius 3 is 2.30 bits per heavy atom. The van der Waals surface area contributed by atoms with E-state index in [1.165, 1.54) is 0 Å². The molecule has 0 fully saturated rings. The van der Waals surface area contributed by atoms with Crippen molar-refractivity contribution in [3.05, 3.63) is 24.3 Å². The van der Waals surface area contributed by atoms with Crippen LogP contribution in [0.1, 0.15) is 34.6 Å². The topological polar surface area (TPSA) is 24.5 Å². The van der Waals surface area contributed by atoms with Crippen LogP contribution in [0, 0.1) is 5.41 Å². The number of nitrogens with one attached hydrogen (secondary N) is 1. The number of hydrogen-bond donors (Lipinski definition) is 1. The van der Waals surface area contributed by atoms with Crippen LogP contribution in [0.5, 0.6) is 5.75 Å². The summed E-state index contributed by atoms with van der Waals surface area (Å²) in [6.07, 6.45) is 0. The number of rotatable bonds is 6. The molecule has 1 aromatic carbocycles. The van der Waals surface area contributed by atoms with Gasteiger partial charge in [0.2, 0.25) is 0 Å². The third-order valence-corrected chi connectivity index (χ3v) is 3.06. The molecule has 0 aliphatic rings. The minimum absolute atomic E-state index is 0.0986. The van der Waals surface area contributed by atoms with Crippen LogP contribution in [0.15, 0.2) is 24.3 Å². The molecular formula is C17H30N2O. The van der Waals surface area contributed by atoms with Crippen LogP contribution in [0.25, 0.3) is 0 Å². The largest absolute Gasteiger partial charge is 0.493 e. The maximum Gasteiger partial charge on any atom is 0.121 e. The first-order valence-electron chi connectivity index (χ1n) is 7.24. The zero-order chi connectivity index (χ0) is 15.4. The number of benzene rings is 1. The molecule has 0 radical (unpaired) electrons. The van der Waals surface area contributed by atoms with Gasteiger partial charge in [0.1, 0.15) is 5.75 Å². The molecule has 0 aromatic heterocycles. The molecule has 3 heteroatoms. The third kappa shape index (κ3) is 6.29. The monoisotopic (exact) mass is 278 g/mol. The zero-order valence-corrected chi connectivity index (χ0v) is 14.1. The van der Waals surface area contributed by atoms with Crippen LogP contribution in [-0.2, 0) is 0 Å². The number of hydrogen-bond acceptors (Lipinski definition) is 3. The fraction of sp³-hybridized carbons (Fsp3) is 0.647. The smallest absolute Gasteiger partial charge is 0.121 e. The Morgan fingerprint density at radius 2 is 1.75 bits per heavy atom. The Labute approximate surface area is 124 Å². The van der Waals surface area contributed by atoms with Crippen LogP contribution in [0.3, 0.4) is 0 Å². The normalized spacial score (nSPS) is 12.3. The first kappa shape index (κ1) is 16.8. The fourth-order valence-electron chi connectivity index (χ4n) is 1.69. The number of nitrogens with zero attached hydrogens (tertiary/aromatic N) is 1. The Bertz CT molecular complexity index is 419. The molecule has 0 aliphatic heterocycles. The van der Waals surface area contributed by atoms with Gasteiger partial charge in [0, 0.05) is 43.3 Å². The van der Waals surface area contributed by atoms with Crippen molar-refractivity contribution in [2.75, 3.05) is 32.1 Å². The van der Waals surface area contributed by atoms with Gasteiger partial charge in [-0.05, 0) is 32.9 Å². The highest BCUT2D eigenvalue weighted by Crippen LogP contribution is 2.22. The summed E-state index contributed by atoms with van der Waals surface area (Å²) in [5, 5.41) is 3.54. The molecule has 3 nitrogen and oxygen atoms in total. The van der Waals surface area contributed by atoms with E-state index in [-0.39, 0.29) is 11.0 Å². The summed E-state index contributed by atoms with van der Waals surface area (Å²) < 4.78 is 5.96. The quantitative estimate of drug-likeness (QED) is 0.861. The average Bonchev–Trinajstić information content (AvgIpc) is 2.34. The van der Waals surface area contributed by atoms with Crippen molar-refractivity contribution in [2.24, 2.45) is 5.41 Å². The van der Waals surface area contributed by atoms with Crippen LogP contribution >= 0.6 is 0 Å². The average molecular weight is 278 g/mol. The highest BCUT2D eigenvalue weighted by atomic mass is 16.5. The van der Waals surface area contributed by atoms with Crippen LogP contribution < -0.4 is 15.0 Å². The van der Waals surface area contributed by atoms with Crippen molar-refractivity contribution in [1.29, 1.82) is 0 Å². The summed E-state index contributed by atoms with van der Waals surface area (Å²) in [5.74, 6) is 0.931. The second-order valence-corrected chi connectivity index (χ2v) is 7.45. The molecule has 0 bridgehead atoms. The van der Waals surface area contributed by atoms with Crippen molar-refractivity contribution >= 4 is 5.69 Å². The van der Waals surface area contributed by atoms with E-state index in [0.29, 0.717) is 6.61 Å². The third-order valence-electron chi connectivity index (χ3n) is 3.06. The van der Waals surface area contributed by atoms with Gasteiger partial charge in [0.25, 0.3) is 0 Å². The van der Waals surface area contributed by atoms with Gasteiger partial charge in [-0.15, -0.1) is 0 Å². The highest BCUT2D eigenvalue weighted by Gasteiger charge is 2.21. The molecule has 0 unspecified atom stereocenters. The van der Waals surface area contributed by atoms with E-state index >= 15 is 0 Å². The van der Waals surface area contributed by atoms with Gasteiger partial charge in [0.15, 0.2) is 0 Å². The molecule has 0 heterocycles. The van der Waals surface area contributed by atoms with E-state index in [9.17, 15) is 0 Å². The summed E-state index contributed by atoms with van der Waals surface area (Å²) in [7, 11) is 4.08. The molecule has 0 spiro atoms. The Hall–Kier alpha value is -1.22. The standard InChI is InChI=1S/C17H30N2O/c1-16(2,3)18-12-17(4,5)13-20-15-10-8-9-14(11-15)19(6)7/h8-11,18H,12-13H2,1-7H3. The van der Waals surface area contributed by atoms with Gasteiger partial charge in [-0.1, -0.05) is 19.9 Å². The lowest BCUT2D eigenvalue weighted by Gasteiger charge is -2.30. The molecular weight excluding hydrogens is 248 g/mol. The van der Waals surface area contributed by atoms with Gasteiger partial charge in [0.05, 0.1) is 6.61 Å². The van der Waals surface area contributed by atoms with Crippen LogP contribution in [0.2, 0.25) is 0 Å². The Morgan fingerprint density at radius 1 is 1.10 bits per heavy atom. The molecule has 0 amide bonds. The molecule has 114 valence electrons. The lowest BCUT2D eigenvalue weighted by Crippen LogP contribution is -2.43. The van der Waals surface area contributed by atoms with Crippen molar-refractivity contribution in [2.45, 2.75) is 40.2 Å². The molecule has 1 N–H and O–H groups in total. The van der Waals surface area contributed by atoms with Gasteiger partial charge >= 0.3 is 0 Å². The lowest BCUT2D eigenvalue weighted by molar-refractivity contribution is 0.166. The highest BCUT2D eigenvalue weighted by molar-refractivity contribution is 5.49. The van der Waals surface area contributed by atoms with Crippen molar-refractivity contribution in [3.63, 3.8) is 0 Å². The first-order chi connectivity index (χ1) is 9.09. The number of anilines is 1. The molecule has 1 aromatic rings. The molecule has 0 saturated carbocycles. The molecule has 20 heavy (non-hydrogen) atoms. The van der Waals surface area contributed by atoms with Crippen molar-refractivity contribution in [3.8, 4) is 5.75 Å². The second kappa shape index (κ2) is 6.49. The van der Waals surface area contributed by atoms with Crippen molar-refractivity contribution < 1.29 is 4.74 Å². The summed E-state index contributed by atoms with van der Waals surface area (Å²) in [5.41, 5.74) is 1.40. The Kier molecular flexibility index (Phi) is 5.46. The van der Waals surface area contributed by atoms with Crippen LogP contribution in [-0.4, -0.2) is 32.8 Å². The lowest BCUT2D eigenvalue weighted by atomic mass is 9.93. The van der Waals surface area contributed by atoms with Crippen LogP contribution in [0.4, 0.5) is 5.69 Å². The van der Waals surface area contributed by atoms with E-state index in [1.807, 2.05) is 26.2 Å². The maximum atomic E-state index is 5.96. The summed E-state index contributed by atoms with van der Waals surface area (Å²) in [6, 6.07) is 8.21. The summed E-state index contributed by atoms with van der Waals surface area (Å²) in [6.45, 7) is 12.6. The fourth-order valence-corrected chi connectivity index (χ4v) is 1.69. The van der Waals surface area contributed by atoms with E-state index < -0.39 is 0 Å². The van der Waals surface area contributed by atoms with E-state index in [2.05, 4.69) is 57.0 Å². The minimum Gasteiger partial charge on any atom is -0.493 e. The van der Waals surface area contributed by atoms with E-state index in [0.717, 1.165) is 18.0 Å². The molecule has 1 rings (SSSR count). The predicted molar refractivity (Wildman–Crippen MR) is 87.8 cm³/mol. The molecule has 0 atom stereocenters. The second-order valence-electron chi connectivity index (χ2n) is 7.45. The summed E-state index contributed by atoms with van der Waals surface area (Å²) >= 11 is 0. The zero-order valence-electron chi connectivity index (χ0n) is 14.1. The maximum absolute atomic E-state index is 5.96. The van der Waals surface area contributed by atoms with Gasteiger partial charge in [-0.25, -0.2) is 0 Å². The SMILES string of the molecule is CN(C)c1cccc(OCC(C)(C)CNC(C)(C)C)c1. The predicted octanol–water partition coefficient (Wildman–Crippen LogP) is 3.55. The minimum atomic E-state index is 0.0986. The van der Waals surface area contributed by atoms with E-state index in [4.69, 9.17) is 4.74 Å². The van der Waals surface area contributed by atoms with Gasteiger partial charge in [-0.3, -0.25) is 0 Å². The van der Waals surface area contributed by atoms with Gasteiger partial charge in [-0.2, -0.15) is 0 Å². The van der Waals surface area contributed by atoms with Crippen molar-refractivity contribution in [1.82, 2.24) is 5.32 Å². The molecule has 0 saturated heterocycles. The molecule has 0 aliphatic carbocycles. The van der Waals surface area contributed by atoms with E-state index in [1.54, 1.807) is 0 Å². The summed E-state index contributed by atoms with van der Waals surface area (Å²) in [4.78, 5) is 2.08.